The largest absolute Gasteiger partial charge is 0.475 e. The van der Waals surface area contributed by atoms with Gasteiger partial charge in [0.25, 0.3) is 0 Å². The van der Waals surface area contributed by atoms with Crippen molar-refractivity contribution in [3.63, 3.8) is 0 Å². The lowest BCUT2D eigenvalue weighted by atomic mass is 10.1. The molecule has 1 saturated heterocycles. The molecule has 0 spiro atoms. The molecule has 1 unspecified atom stereocenters. The number of aromatic carboxylic acids is 1. The first-order valence-corrected chi connectivity index (χ1v) is 4.08. The van der Waals surface area contributed by atoms with Crippen molar-refractivity contribution in [3.8, 4) is 0 Å². The SMILES string of the molecule is O=C(O)c1oncc1C1CCCO1. The van der Waals surface area contributed by atoms with Gasteiger partial charge in [-0.2, -0.15) is 0 Å². The Morgan fingerprint density at radius 2 is 2.54 bits per heavy atom. The zero-order valence-electron chi connectivity index (χ0n) is 6.90. The van der Waals surface area contributed by atoms with E-state index in [2.05, 4.69) is 9.68 Å². The molecular formula is C8H9NO4. The van der Waals surface area contributed by atoms with E-state index in [1.54, 1.807) is 0 Å². The fourth-order valence-electron chi connectivity index (χ4n) is 1.46. The molecule has 0 radical (unpaired) electrons. The quantitative estimate of drug-likeness (QED) is 0.746. The van der Waals surface area contributed by atoms with Crippen molar-refractivity contribution >= 4 is 5.97 Å². The normalized spacial score (nSPS) is 22.0. The molecule has 1 aliphatic heterocycles. The summed E-state index contributed by atoms with van der Waals surface area (Å²) in [6.07, 6.45) is 3.05. The van der Waals surface area contributed by atoms with Crippen LogP contribution < -0.4 is 0 Å². The number of carboxylic acid groups (broad SMARTS) is 1. The minimum absolute atomic E-state index is 0.105. The second-order valence-corrected chi connectivity index (χ2v) is 2.92. The topological polar surface area (TPSA) is 72.6 Å². The highest BCUT2D eigenvalue weighted by Crippen LogP contribution is 2.30. The highest BCUT2D eigenvalue weighted by atomic mass is 16.5. The van der Waals surface area contributed by atoms with Crippen molar-refractivity contribution in [1.29, 1.82) is 0 Å². The van der Waals surface area contributed by atoms with Crippen LogP contribution in [0.2, 0.25) is 0 Å². The van der Waals surface area contributed by atoms with E-state index in [4.69, 9.17) is 9.84 Å². The molecule has 0 aromatic carbocycles. The number of aromatic nitrogens is 1. The minimum atomic E-state index is -1.09. The molecule has 2 rings (SSSR count). The molecule has 0 amide bonds. The van der Waals surface area contributed by atoms with Gasteiger partial charge in [-0.1, -0.05) is 5.16 Å². The molecule has 1 aliphatic rings. The zero-order chi connectivity index (χ0) is 9.26. The molecule has 13 heavy (non-hydrogen) atoms. The van der Waals surface area contributed by atoms with Gasteiger partial charge in [-0.3, -0.25) is 0 Å². The number of hydrogen-bond donors (Lipinski definition) is 1. The third-order valence-electron chi connectivity index (χ3n) is 2.07. The lowest BCUT2D eigenvalue weighted by Gasteiger charge is -2.05. The molecule has 1 N–H and O–H groups in total. The second kappa shape index (κ2) is 3.18. The predicted molar refractivity (Wildman–Crippen MR) is 41.4 cm³/mol. The van der Waals surface area contributed by atoms with Crippen molar-refractivity contribution in [2.45, 2.75) is 18.9 Å². The van der Waals surface area contributed by atoms with Crippen LogP contribution in [-0.4, -0.2) is 22.8 Å². The summed E-state index contributed by atoms with van der Waals surface area (Å²) in [6.45, 7) is 0.676. The summed E-state index contributed by atoms with van der Waals surface area (Å²) in [7, 11) is 0. The van der Waals surface area contributed by atoms with Crippen LogP contribution >= 0.6 is 0 Å². The van der Waals surface area contributed by atoms with Crippen molar-refractivity contribution in [1.82, 2.24) is 5.16 Å². The molecule has 1 fully saturated rings. The van der Waals surface area contributed by atoms with Crippen molar-refractivity contribution in [2.75, 3.05) is 6.61 Å². The van der Waals surface area contributed by atoms with Gasteiger partial charge < -0.3 is 14.4 Å². The first kappa shape index (κ1) is 8.25. The Morgan fingerprint density at radius 3 is 3.15 bits per heavy atom. The third kappa shape index (κ3) is 1.42. The monoisotopic (exact) mass is 183 g/mol. The Morgan fingerprint density at radius 1 is 1.69 bits per heavy atom. The summed E-state index contributed by atoms with van der Waals surface area (Å²) in [5.74, 6) is -1.20. The standard InChI is InChI=1S/C8H9NO4/c10-8(11)7-5(4-9-13-7)6-2-1-3-12-6/h4,6H,1-3H2,(H,10,11). The molecule has 1 aromatic heterocycles. The van der Waals surface area contributed by atoms with Gasteiger partial charge in [0, 0.05) is 6.61 Å². The molecule has 5 nitrogen and oxygen atoms in total. The van der Waals surface area contributed by atoms with E-state index >= 15 is 0 Å². The average Bonchev–Trinajstić information content (AvgIpc) is 2.74. The van der Waals surface area contributed by atoms with Gasteiger partial charge in [-0.25, -0.2) is 4.79 Å². The molecule has 5 heteroatoms. The van der Waals surface area contributed by atoms with Crippen molar-refractivity contribution in [3.05, 3.63) is 17.5 Å². The van der Waals surface area contributed by atoms with Gasteiger partial charge >= 0.3 is 5.97 Å². The van der Waals surface area contributed by atoms with E-state index in [1.807, 2.05) is 0 Å². The van der Waals surface area contributed by atoms with Gasteiger partial charge in [0.2, 0.25) is 5.76 Å². The Balaban J connectivity index is 2.28. The van der Waals surface area contributed by atoms with E-state index in [9.17, 15) is 4.79 Å². The molecule has 0 aliphatic carbocycles. The van der Waals surface area contributed by atoms with Crippen LogP contribution in [0.3, 0.4) is 0 Å². The Kier molecular flexibility index (Phi) is 2.02. The summed E-state index contributed by atoms with van der Waals surface area (Å²) in [6, 6.07) is 0. The second-order valence-electron chi connectivity index (χ2n) is 2.92. The Bertz CT molecular complexity index is 314. The lowest BCUT2D eigenvalue weighted by Crippen LogP contribution is -2.03. The smallest absolute Gasteiger partial charge is 0.375 e. The van der Waals surface area contributed by atoms with Gasteiger partial charge in [0.05, 0.1) is 17.9 Å². The number of hydrogen-bond acceptors (Lipinski definition) is 4. The fourth-order valence-corrected chi connectivity index (χ4v) is 1.46. The predicted octanol–water partition coefficient (Wildman–Crippen LogP) is 1.22. The van der Waals surface area contributed by atoms with E-state index in [0.29, 0.717) is 12.2 Å². The van der Waals surface area contributed by atoms with Crippen LogP contribution in [-0.2, 0) is 4.74 Å². The maximum Gasteiger partial charge on any atom is 0.375 e. The maximum atomic E-state index is 10.7. The van der Waals surface area contributed by atoms with Crippen molar-refractivity contribution in [2.24, 2.45) is 0 Å². The van der Waals surface area contributed by atoms with Crippen LogP contribution in [0.15, 0.2) is 10.7 Å². The Labute approximate surface area is 74.3 Å². The van der Waals surface area contributed by atoms with E-state index < -0.39 is 5.97 Å². The molecule has 1 aromatic rings. The Hall–Kier alpha value is -1.36. The summed E-state index contributed by atoms with van der Waals surface area (Å²) in [4.78, 5) is 10.7. The van der Waals surface area contributed by atoms with E-state index in [1.165, 1.54) is 6.20 Å². The lowest BCUT2D eigenvalue weighted by molar-refractivity contribution is 0.0633. The highest BCUT2D eigenvalue weighted by molar-refractivity contribution is 5.85. The zero-order valence-corrected chi connectivity index (χ0v) is 6.90. The maximum absolute atomic E-state index is 10.7. The number of carboxylic acids is 1. The van der Waals surface area contributed by atoms with Crippen molar-refractivity contribution < 1.29 is 19.2 Å². The van der Waals surface area contributed by atoms with E-state index in [0.717, 1.165) is 12.8 Å². The summed E-state index contributed by atoms with van der Waals surface area (Å²) < 4.78 is 9.93. The number of ether oxygens (including phenoxy) is 1. The molecule has 70 valence electrons. The molecule has 0 bridgehead atoms. The number of rotatable bonds is 2. The summed E-state index contributed by atoms with van der Waals surface area (Å²) in [5, 5.41) is 12.2. The van der Waals surface area contributed by atoms with Crippen LogP contribution in [0.1, 0.15) is 35.1 Å². The van der Waals surface area contributed by atoms with E-state index in [-0.39, 0.29) is 11.9 Å². The number of nitrogens with zero attached hydrogens (tertiary/aromatic N) is 1. The first-order valence-electron chi connectivity index (χ1n) is 4.08. The third-order valence-corrected chi connectivity index (χ3v) is 2.07. The van der Waals surface area contributed by atoms with Gasteiger partial charge in [-0.15, -0.1) is 0 Å². The van der Waals surface area contributed by atoms with Gasteiger partial charge in [0.1, 0.15) is 0 Å². The summed E-state index contributed by atoms with van der Waals surface area (Å²) >= 11 is 0. The first-order chi connectivity index (χ1) is 6.29. The average molecular weight is 183 g/mol. The molecular weight excluding hydrogens is 174 g/mol. The van der Waals surface area contributed by atoms with Crippen LogP contribution in [0, 0.1) is 0 Å². The highest BCUT2D eigenvalue weighted by Gasteiger charge is 2.26. The van der Waals surface area contributed by atoms with Crippen LogP contribution in [0.25, 0.3) is 0 Å². The fraction of sp³-hybridized carbons (Fsp3) is 0.500. The van der Waals surface area contributed by atoms with Crippen LogP contribution in [0.4, 0.5) is 0 Å². The number of carbonyl (C=O) groups is 1. The van der Waals surface area contributed by atoms with Gasteiger partial charge in [-0.05, 0) is 12.8 Å². The van der Waals surface area contributed by atoms with Crippen LogP contribution in [0.5, 0.6) is 0 Å². The minimum Gasteiger partial charge on any atom is -0.475 e. The van der Waals surface area contributed by atoms with Gasteiger partial charge in [0.15, 0.2) is 0 Å². The molecule has 1 atom stereocenters. The molecule has 0 saturated carbocycles. The summed E-state index contributed by atoms with van der Waals surface area (Å²) in [5.41, 5.74) is 0.546. The molecule has 2 heterocycles.